The Hall–Kier alpha value is -3.63. The van der Waals surface area contributed by atoms with Gasteiger partial charge in [0.1, 0.15) is 30.5 Å². The van der Waals surface area contributed by atoms with Crippen molar-refractivity contribution in [1.29, 1.82) is 0 Å². The molecule has 0 heterocycles. The molecule has 4 aromatic rings. The molecule has 3 aliphatic carbocycles. The molecular weight excluding hydrogens is 499 g/mol. The van der Waals surface area contributed by atoms with Gasteiger partial charge >= 0.3 is 0 Å². The Kier molecular flexibility index (Phi) is 6.59. The van der Waals surface area contributed by atoms with E-state index in [1.54, 1.807) is 6.07 Å². The van der Waals surface area contributed by atoms with Crippen LogP contribution in [0.15, 0.2) is 84.9 Å². The van der Waals surface area contributed by atoms with Gasteiger partial charge in [-0.1, -0.05) is 60.7 Å². The summed E-state index contributed by atoms with van der Waals surface area (Å²) in [6.45, 7) is 0.870. The monoisotopic (exact) mass is 534 g/mol. The van der Waals surface area contributed by atoms with Crippen LogP contribution in [-0.2, 0) is 18.8 Å². The zero-order valence-corrected chi connectivity index (χ0v) is 22.7. The third-order valence-corrected chi connectivity index (χ3v) is 8.73. The molecule has 0 saturated heterocycles. The molecule has 3 saturated carbocycles. The number of hydrogen-bond donors (Lipinski definition) is 1. The summed E-state index contributed by atoms with van der Waals surface area (Å²) in [4.78, 5) is 0. The number of hydrogen-bond acceptors (Lipinski definition) is 3. The predicted molar refractivity (Wildman–Crippen MR) is 155 cm³/mol. The Morgan fingerprint density at radius 3 is 1.65 bits per heavy atom. The first-order valence-electron chi connectivity index (χ1n) is 14.7. The maximum Gasteiger partial charge on any atom is 0.134 e. The molecule has 4 aromatic carbocycles. The average molecular weight is 535 g/mol. The van der Waals surface area contributed by atoms with E-state index >= 15 is 4.39 Å². The van der Waals surface area contributed by atoms with Crippen molar-refractivity contribution in [2.45, 2.75) is 75.6 Å². The smallest absolute Gasteiger partial charge is 0.134 e. The first-order valence-corrected chi connectivity index (χ1v) is 14.7. The van der Waals surface area contributed by atoms with Crippen LogP contribution in [0.1, 0.15) is 84.6 Å². The zero-order valence-electron chi connectivity index (χ0n) is 22.7. The summed E-state index contributed by atoms with van der Waals surface area (Å²) >= 11 is 0. The van der Waals surface area contributed by atoms with Crippen molar-refractivity contribution in [3.63, 3.8) is 0 Å². The Balaban J connectivity index is 1.28. The minimum Gasteiger partial charge on any atom is -0.489 e. The van der Waals surface area contributed by atoms with Crippen LogP contribution >= 0.6 is 0 Å². The summed E-state index contributed by atoms with van der Waals surface area (Å²) in [5, 5.41) is 11.6. The van der Waals surface area contributed by atoms with Gasteiger partial charge < -0.3 is 14.6 Å². The van der Waals surface area contributed by atoms with Gasteiger partial charge in [0.05, 0.1) is 5.60 Å². The molecule has 1 N–H and O–H groups in total. The van der Waals surface area contributed by atoms with E-state index in [1.807, 2.05) is 60.7 Å². The van der Waals surface area contributed by atoms with E-state index in [2.05, 4.69) is 18.2 Å². The molecule has 204 valence electrons. The maximum absolute atomic E-state index is 16.0. The van der Waals surface area contributed by atoms with E-state index in [0.29, 0.717) is 49.2 Å². The minimum absolute atomic E-state index is 0.309. The molecule has 3 fully saturated rings. The Bertz CT molecular complexity index is 1500. The van der Waals surface area contributed by atoms with Crippen LogP contribution in [0.2, 0.25) is 0 Å². The SMILES string of the molecule is OC1(c2cc(OCc3ccccc3)c(C3CC3)cc2-c2cc(C3CC3)c(OCc3ccccc3)cc2F)CCC1. The molecular formula is C36H35FO3. The highest BCUT2D eigenvalue weighted by molar-refractivity contribution is 5.74. The highest BCUT2D eigenvalue weighted by atomic mass is 19.1. The fourth-order valence-electron chi connectivity index (χ4n) is 5.91. The average Bonchev–Trinajstić information content (AvgIpc) is 3.89. The van der Waals surface area contributed by atoms with Crippen LogP contribution in [0.25, 0.3) is 11.1 Å². The number of ether oxygens (including phenoxy) is 2. The predicted octanol–water partition coefficient (Wildman–Crippen LogP) is 8.78. The molecule has 0 aliphatic heterocycles. The lowest BCUT2D eigenvalue weighted by Crippen LogP contribution is -2.34. The van der Waals surface area contributed by atoms with Crippen LogP contribution < -0.4 is 9.47 Å². The summed E-state index contributed by atoms with van der Waals surface area (Å²) in [5.41, 5.74) is 5.52. The van der Waals surface area contributed by atoms with Gasteiger partial charge in [-0.05, 0) is 108 Å². The molecule has 7 rings (SSSR count). The second kappa shape index (κ2) is 10.4. The molecule has 4 heteroatoms. The van der Waals surface area contributed by atoms with E-state index in [9.17, 15) is 5.11 Å². The topological polar surface area (TPSA) is 38.7 Å². The first kappa shape index (κ1) is 25.3. The molecule has 0 unspecified atom stereocenters. The summed E-state index contributed by atoms with van der Waals surface area (Å²) < 4.78 is 28.6. The number of rotatable bonds is 10. The van der Waals surface area contributed by atoms with Crippen LogP contribution in [0.4, 0.5) is 4.39 Å². The number of aliphatic hydroxyl groups is 1. The third kappa shape index (κ3) is 5.13. The van der Waals surface area contributed by atoms with Gasteiger partial charge in [-0.25, -0.2) is 4.39 Å². The van der Waals surface area contributed by atoms with Crippen molar-refractivity contribution in [1.82, 2.24) is 0 Å². The van der Waals surface area contributed by atoms with Gasteiger partial charge in [0.2, 0.25) is 0 Å². The highest BCUT2D eigenvalue weighted by Gasteiger charge is 2.41. The van der Waals surface area contributed by atoms with Gasteiger partial charge in [-0.15, -0.1) is 0 Å². The highest BCUT2D eigenvalue weighted by Crippen LogP contribution is 2.53. The fourth-order valence-corrected chi connectivity index (χ4v) is 5.91. The quantitative estimate of drug-likeness (QED) is 0.221. The molecule has 0 aromatic heterocycles. The van der Waals surface area contributed by atoms with Gasteiger partial charge in [-0.2, -0.15) is 0 Å². The fraction of sp³-hybridized carbons (Fsp3) is 0.333. The lowest BCUT2D eigenvalue weighted by Gasteiger charge is -2.39. The standard InChI is InChI=1S/C36H35FO3/c37-33-21-35(40-23-25-10-5-2-6-11-25)29(27-14-15-27)19-31(33)30-18-28(26-12-13-26)34(20-32(30)36(38)16-7-17-36)39-22-24-8-3-1-4-9-24/h1-6,8-11,18-21,26-27,38H,7,12-17,22-23H2. The van der Waals surface area contributed by atoms with Crippen molar-refractivity contribution in [2.75, 3.05) is 0 Å². The minimum atomic E-state index is -0.961. The molecule has 0 radical (unpaired) electrons. The Labute approximate surface area is 235 Å². The summed E-state index contributed by atoms with van der Waals surface area (Å²) in [6.07, 6.45) is 6.70. The normalized spacial score (nSPS) is 17.8. The van der Waals surface area contributed by atoms with Crippen LogP contribution in [0.3, 0.4) is 0 Å². The molecule has 3 nitrogen and oxygen atoms in total. The van der Waals surface area contributed by atoms with Crippen LogP contribution in [0, 0.1) is 5.82 Å². The van der Waals surface area contributed by atoms with Gasteiger partial charge in [0.15, 0.2) is 0 Å². The van der Waals surface area contributed by atoms with Crippen LogP contribution in [-0.4, -0.2) is 5.11 Å². The Morgan fingerprint density at radius 2 is 1.18 bits per heavy atom. The molecule has 0 spiro atoms. The van der Waals surface area contributed by atoms with Crippen molar-refractivity contribution < 1.29 is 19.0 Å². The molecule has 0 bridgehead atoms. The van der Waals surface area contributed by atoms with E-state index in [0.717, 1.165) is 71.2 Å². The van der Waals surface area contributed by atoms with E-state index in [4.69, 9.17) is 9.47 Å². The summed E-state index contributed by atoms with van der Waals surface area (Å²) in [6, 6.07) is 27.8. The van der Waals surface area contributed by atoms with Crippen LogP contribution in [0.5, 0.6) is 11.5 Å². The maximum atomic E-state index is 16.0. The van der Waals surface area contributed by atoms with Gasteiger partial charge in [-0.3, -0.25) is 0 Å². The third-order valence-electron chi connectivity index (χ3n) is 8.73. The van der Waals surface area contributed by atoms with E-state index < -0.39 is 5.60 Å². The second-order valence-corrected chi connectivity index (χ2v) is 11.8. The van der Waals surface area contributed by atoms with Crippen molar-refractivity contribution in [3.8, 4) is 22.6 Å². The lowest BCUT2D eigenvalue weighted by molar-refractivity contribution is -0.0384. The zero-order chi connectivity index (χ0) is 27.1. The van der Waals surface area contributed by atoms with Crippen molar-refractivity contribution >= 4 is 0 Å². The van der Waals surface area contributed by atoms with Gasteiger partial charge in [0, 0.05) is 11.6 Å². The van der Waals surface area contributed by atoms with Crippen molar-refractivity contribution in [2.24, 2.45) is 0 Å². The second-order valence-electron chi connectivity index (χ2n) is 11.8. The lowest BCUT2D eigenvalue weighted by atomic mass is 9.72. The van der Waals surface area contributed by atoms with E-state index in [-0.39, 0.29) is 5.82 Å². The first-order chi connectivity index (χ1) is 19.6. The molecule has 40 heavy (non-hydrogen) atoms. The molecule has 3 aliphatic rings. The largest absolute Gasteiger partial charge is 0.489 e. The van der Waals surface area contributed by atoms with Gasteiger partial charge in [0.25, 0.3) is 0 Å². The number of halogens is 1. The Morgan fingerprint density at radius 1 is 0.675 bits per heavy atom. The summed E-state index contributed by atoms with van der Waals surface area (Å²) in [7, 11) is 0. The van der Waals surface area contributed by atoms with Crippen molar-refractivity contribution in [3.05, 3.63) is 119 Å². The van der Waals surface area contributed by atoms with E-state index in [1.165, 1.54) is 0 Å². The summed E-state index contributed by atoms with van der Waals surface area (Å²) in [5.74, 6) is 1.93. The molecule has 0 amide bonds. The number of benzene rings is 4. The molecule has 0 atom stereocenters.